The smallest absolute Gasteiger partial charge is 0.317 e. The van der Waals surface area contributed by atoms with E-state index in [2.05, 4.69) is 46.3 Å². The summed E-state index contributed by atoms with van der Waals surface area (Å²) < 4.78 is 5.43. The van der Waals surface area contributed by atoms with Crippen LogP contribution in [-0.2, 0) is 11.2 Å². The van der Waals surface area contributed by atoms with Crippen molar-refractivity contribution in [3.63, 3.8) is 0 Å². The van der Waals surface area contributed by atoms with Crippen LogP contribution in [0.15, 0.2) is 30.3 Å². The number of rotatable bonds is 6. The van der Waals surface area contributed by atoms with E-state index < -0.39 is 0 Å². The van der Waals surface area contributed by atoms with E-state index in [1.807, 2.05) is 6.07 Å². The molecule has 5 heteroatoms. The Bertz CT molecular complexity index is 531. The predicted molar refractivity (Wildman–Crippen MR) is 99.7 cm³/mol. The molecule has 3 rings (SSSR count). The molecule has 1 aromatic rings. The lowest BCUT2D eigenvalue weighted by Crippen LogP contribution is -2.51. The van der Waals surface area contributed by atoms with Crippen molar-refractivity contribution in [2.45, 2.75) is 44.7 Å². The molecule has 2 aliphatic rings. The van der Waals surface area contributed by atoms with Crippen molar-refractivity contribution >= 4 is 6.03 Å². The number of carbonyl (C=O) groups excluding carboxylic acids is 1. The van der Waals surface area contributed by atoms with Gasteiger partial charge in [-0.05, 0) is 31.2 Å². The van der Waals surface area contributed by atoms with E-state index in [1.54, 1.807) is 0 Å². The highest BCUT2D eigenvalue weighted by Crippen LogP contribution is 2.19. The third-order valence-electron chi connectivity index (χ3n) is 5.36. The summed E-state index contributed by atoms with van der Waals surface area (Å²) in [6, 6.07) is 11.1. The summed E-state index contributed by atoms with van der Waals surface area (Å²) in [5, 5.41) is 3.27. The number of nitrogens with one attached hydrogen (secondary N) is 1. The molecular formula is C20H31N3O2. The first-order valence-electron chi connectivity index (χ1n) is 9.67. The number of nitrogens with zero attached hydrogens (tertiary/aromatic N) is 2. The standard InChI is InChI=1S/C20H31N3O2/c1-2-18(15-17-7-4-3-5-8-17)21-20(24)23-10-6-9-19(23)16-22-11-13-25-14-12-22/h3-5,7-8,18-19H,2,6,9-16H2,1H3,(H,21,24)/t18?,19-/m0/s1. The number of hydrogen-bond acceptors (Lipinski definition) is 3. The molecule has 2 heterocycles. The van der Waals surface area contributed by atoms with Crippen LogP contribution < -0.4 is 5.32 Å². The first-order valence-corrected chi connectivity index (χ1v) is 9.67. The van der Waals surface area contributed by atoms with Crippen molar-refractivity contribution in [1.82, 2.24) is 15.1 Å². The topological polar surface area (TPSA) is 44.8 Å². The number of amides is 2. The van der Waals surface area contributed by atoms with E-state index in [1.165, 1.54) is 5.56 Å². The van der Waals surface area contributed by atoms with Crippen LogP contribution in [0.2, 0.25) is 0 Å². The minimum Gasteiger partial charge on any atom is -0.379 e. The van der Waals surface area contributed by atoms with Gasteiger partial charge in [-0.15, -0.1) is 0 Å². The zero-order valence-electron chi connectivity index (χ0n) is 15.3. The minimum atomic E-state index is 0.110. The van der Waals surface area contributed by atoms with Crippen molar-refractivity contribution in [3.05, 3.63) is 35.9 Å². The van der Waals surface area contributed by atoms with E-state index in [0.717, 1.165) is 65.1 Å². The second-order valence-electron chi connectivity index (χ2n) is 7.15. The molecule has 1 unspecified atom stereocenters. The molecule has 0 aliphatic carbocycles. The van der Waals surface area contributed by atoms with Crippen molar-refractivity contribution in [3.8, 4) is 0 Å². The first-order chi connectivity index (χ1) is 12.3. The highest BCUT2D eigenvalue weighted by molar-refractivity contribution is 5.75. The van der Waals surface area contributed by atoms with E-state index in [4.69, 9.17) is 4.74 Å². The third kappa shape index (κ3) is 5.19. The number of likely N-dealkylation sites (tertiary alicyclic amines) is 1. The van der Waals surface area contributed by atoms with Gasteiger partial charge in [-0.3, -0.25) is 4.90 Å². The number of urea groups is 1. The Labute approximate surface area is 151 Å². The van der Waals surface area contributed by atoms with Gasteiger partial charge in [-0.2, -0.15) is 0 Å². The van der Waals surface area contributed by atoms with Crippen LogP contribution in [0.3, 0.4) is 0 Å². The van der Waals surface area contributed by atoms with Crippen molar-refractivity contribution in [1.29, 1.82) is 0 Å². The fourth-order valence-corrected chi connectivity index (χ4v) is 3.83. The second-order valence-corrected chi connectivity index (χ2v) is 7.15. The Hall–Kier alpha value is -1.59. The van der Waals surface area contributed by atoms with Crippen LogP contribution in [0.4, 0.5) is 4.79 Å². The van der Waals surface area contributed by atoms with Gasteiger partial charge >= 0.3 is 6.03 Å². The maximum Gasteiger partial charge on any atom is 0.317 e. The summed E-state index contributed by atoms with van der Waals surface area (Å²) in [5.74, 6) is 0. The van der Waals surface area contributed by atoms with Crippen LogP contribution in [0.25, 0.3) is 0 Å². The largest absolute Gasteiger partial charge is 0.379 e. The molecule has 0 aromatic heterocycles. The van der Waals surface area contributed by atoms with Gasteiger partial charge in [0.15, 0.2) is 0 Å². The number of benzene rings is 1. The number of hydrogen-bond donors (Lipinski definition) is 1. The molecule has 0 saturated carbocycles. The zero-order valence-corrected chi connectivity index (χ0v) is 15.3. The van der Waals surface area contributed by atoms with E-state index in [9.17, 15) is 4.79 Å². The summed E-state index contributed by atoms with van der Waals surface area (Å²) in [5.41, 5.74) is 1.28. The molecule has 138 valence electrons. The highest BCUT2D eigenvalue weighted by atomic mass is 16.5. The van der Waals surface area contributed by atoms with Gasteiger partial charge in [-0.1, -0.05) is 37.3 Å². The van der Waals surface area contributed by atoms with Gasteiger partial charge in [0.25, 0.3) is 0 Å². The van der Waals surface area contributed by atoms with Gasteiger partial charge in [0.1, 0.15) is 0 Å². The van der Waals surface area contributed by atoms with Crippen LogP contribution in [0.5, 0.6) is 0 Å². The zero-order chi connectivity index (χ0) is 17.5. The van der Waals surface area contributed by atoms with Gasteiger partial charge < -0.3 is 15.0 Å². The second kappa shape index (κ2) is 9.20. The van der Waals surface area contributed by atoms with Crippen molar-refractivity contribution in [2.75, 3.05) is 39.4 Å². The summed E-state index contributed by atoms with van der Waals surface area (Å²) in [6.45, 7) is 7.59. The molecule has 25 heavy (non-hydrogen) atoms. The molecule has 0 spiro atoms. The van der Waals surface area contributed by atoms with Crippen molar-refractivity contribution in [2.24, 2.45) is 0 Å². The van der Waals surface area contributed by atoms with Gasteiger partial charge in [0.05, 0.1) is 13.2 Å². The molecule has 2 saturated heterocycles. The van der Waals surface area contributed by atoms with Crippen molar-refractivity contribution < 1.29 is 9.53 Å². The summed E-state index contributed by atoms with van der Waals surface area (Å²) in [7, 11) is 0. The Kier molecular flexibility index (Phi) is 6.70. The number of morpholine rings is 1. The predicted octanol–water partition coefficient (Wildman–Crippen LogP) is 2.51. The van der Waals surface area contributed by atoms with Gasteiger partial charge in [0.2, 0.25) is 0 Å². The third-order valence-corrected chi connectivity index (χ3v) is 5.36. The lowest BCUT2D eigenvalue weighted by molar-refractivity contribution is 0.0291. The molecule has 1 aromatic carbocycles. The van der Waals surface area contributed by atoms with Crippen LogP contribution >= 0.6 is 0 Å². The lowest BCUT2D eigenvalue weighted by Gasteiger charge is -2.33. The quantitative estimate of drug-likeness (QED) is 0.862. The minimum absolute atomic E-state index is 0.110. The Morgan fingerprint density at radius 2 is 2.00 bits per heavy atom. The normalized spacial score (nSPS) is 22.8. The average molecular weight is 345 g/mol. The maximum absolute atomic E-state index is 12.8. The summed E-state index contributed by atoms with van der Waals surface area (Å²) >= 11 is 0. The molecule has 5 nitrogen and oxygen atoms in total. The van der Waals surface area contributed by atoms with E-state index >= 15 is 0 Å². The molecule has 0 radical (unpaired) electrons. The van der Waals surface area contributed by atoms with Crippen LogP contribution in [-0.4, -0.2) is 67.3 Å². The van der Waals surface area contributed by atoms with Crippen LogP contribution in [0.1, 0.15) is 31.7 Å². The van der Waals surface area contributed by atoms with Gasteiger partial charge in [-0.25, -0.2) is 4.79 Å². The Morgan fingerprint density at radius 1 is 1.24 bits per heavy atom. The molecular weight excluding hydrogens is 314 g/mol. The molecule has 2 aliphatic heterocycles. The monoisotopic (exact) mass is 345 g/mol. The Morgan fingerprint density at radius 3 is 2.72 bits per heavy atom. The molecule has 1 N–H and O–H groups in total. The highest BCUT2D eigenvalue weighted by Gasteiger charge is 2.31. The molecule has 2 amide bonds. The Balaban J connectivity index is 1.53. The van der Waals surface area contributed by atoms with Gasteiger partial charge in [0, 0.05) is 38.3 Å². The molecule has 0 bridgehead atoms. The van der Waals surface area contributed by atoms with E-state index in [0.29, 0.717) is 6.04 Å². The number of carbonyl (C=O) groups is 1. The molecule has 2 fully saturated rings. The summed E-state index contributed by atoms with van der Waals surface area (Å²) in [4.78, 5) is 17.3. The maximum atomic E-state index is 12.8. The van der Waals surface area contributed by atoms with E-state index in [-0.39, 0.29) is 12.1 Å². The SMILES string of the molecule is CCC(Cc1ccccc1)NC(=O)N1CCC[C@H]1CN1CCOCC1. The average Bonchev–Trinajstić information content (AvgIpc) is 3.11. The molecule has 2 atom stereocenters. The number of ether oxygens (including phenoxy) is 1. The fraction of sp³-hybridized carbons (Fsp3) is 0.650. The fourth-order valence-electron chi connectivity index (χ4n) is 3.83. The first kappa shape index (κ1) is 18.2. The lowest BCUT2D eigenvalue weighted by atomic mass is 10.0. The van der Waals surface area contributed by atoms with Crippen LogP contribution in [0, 0.1) is 0 Å². The summed E-state index contributed by atoms with van der Waals surface area (Å²) in [6.07, 6.45) is 4.06.